The van der Waals surface area contributed by atoms with Crippen LogP contribution < -0.4 is 24.4 Å². The summed E-state index contributed by atoms with van der Waals surface area (Å²) in [4.78, 5) is 39.1. The molecular formula is C26H20BrClN2O6. The summed E-state index contributed by atoms with van der Waals surface area (Å²) in [5.41, 5.74) is 1.50. The SMILES string of the molecule is COc1cc(/C=C2\C(=O)NC(=O)N(c3ccc(OCc4ccc(Cl)cc4)cc3)C2=O)cc(Br)c1OC. The molecule has 1 N–H and O–H groups in total. The number of benzene rings is 3. The van der Waals surface area contributed by atoms with Crippen molar-refractivity contribution in [3.05, 3.63) is 86.9 Å². The zero-order valence-electron chi connectivity index (χ0n) is 19.2. The number of amides is 4. The fourth-order valence-corrected chi connectivity index (χ4v) is 4.27. The minimum atomic E-state index is -0.842. The average Bonchev–Trinajstić information content (AvgIpc) is 2.86. The number of nitrogens with one attached hydrogen (secondary N) is 1. The monoisotopic (exact) mass is 570 g/mol. The molecule has 0 radical (unpaired) electrons. The Morgan fingerprint density at radius 2 is 1.67 bits per heavy atom. The Morgan fingerprint density at radius 1 is 0.972 bits per heavy atom. The summed E-state index contributed by atoms with van der Waals surface area (Å²) in [7, 11) is 2.97. The molecule has 3 aromatic rings. The Labute approximate surface area is 220 Å². The van der Waals surface area contributed by atoms with Gasteiger partial charge in [-0.25, -0.2) is 9.69 Å². The van der Waals surface area contributed by atoms with Crippen molar-refractivity contribution in [3.63, 3.8) is 0 Å². The largest absolute Gasteiger partial charge is 0.493 e. The van der Waals surface area contributed by atoms with Crippen molar-refractivity contribution in [3.8, 4) is 17.2 Å². The molecule has 0 aromatic heterocycles. The van der Waals surface area contributed by atoms with Crippen molar-refractivity contribution < 1.29 is 28.6 Å². The van der Waals surface area contributed by atoms with Gasteiger partial charge in [0.05, 0.1) is 24.4 Å². The third kappa shape index (κ3) is 5.37. The average molecular weight is 572 g/mol. The van der Waals surface area contributed by atoms with E-state index in [9.17, 15) is 14.4 Å². The maximum atomic E-state index is 13.2. The predicted molar refractivity (Wildman–Crippen MR) is 138 cm³/mol. The lowest BCUT2D eigenvalue weighted by Gasteiger charge is -2.26. The molecule has 0 spiro atoms. The molecule has 1 aliphatic rings. The topological polar surface area (TPSA) is 94.2 Å². The molecular weight excluding hydrogens is 552 g/mol. The first kappa shape index (κ1) is 25.3. The van der Waals surface area contributed by atoms with Gasteiger partial charge in [-0.15, -0.1) is 0 Å². The Hall–Kier alpha value is -3.82. The number of carbonyl (C=O) groups is 3. The minimum Gasteiger partial charge on any atom is -0.493 e. The van der Waals surface area contributed by atoms with E-state index in [1.807, 2.05) is 12.1 Å². The van der Waals surface area contributed by atoms with Gasteiger partial charge in [-0.3, -0.25) is 14.9 Å². The first-order valence-corrected chi connectivity index (χ1v) is 11.8. The number of hydrogen-bond acceptors (Lipinski definition) is 6. The summed E-state index contributed by atoms with van der Waals surface area (Å²) in [6.07, 6.45) is 1.38. The molecule has 1 aliphatic heterocycles. The molecule has 1 saturated heterocycles. The summed E-state index contributed by atoms with van der Waals surface area (Å²) in [5.74, 6) is -0.140. The molecule has 8 nitrogen and oxygen atoms in total. The third-order valence-electron chi connectivity index (χ3n) is 5.28. The highest BCUT2D eigenvalue weighted by molar-refractivity contribution is 9.10. The number of urea groups is 1. The van der Waals surface area contributed by atoms with Gasteiger partial charge in [-0.2, -0.15) is 0 Å². The highest BCUT2D eigenvalue weighted by atomic mass is 79.9. The van der Waals surface area contributed by atoms with Crippen LogP contribution in [0.3, 0.4) is 0 Å². The molecule has 4 rings (SSSR count). The maximum absolute atomic E-state index is 13.2. The lowest BCUT2D eigenvalue weighted by atomic mass is 10.1. The molecule has 0 aliphatic carbocycles. The molecule has 3 aromatic carbocycles. The number of halogens is 2. The van der Waals surface area contributed by atoms with Gasteiger partial charge < -0.3 is 14.2 Å². The van der Waals surface area contributed by atoms with Crippen LogP contribution in [0.15, 0.2) is 70.7 Å². The van der Waals surface area contributed by atoms with E-state index < -0.39 is 17.8 Å². The van der Waals surface area contributed by atoms with E-state index in [1.54, 1.807) is 48.5 Å². The van der Waals surface area contributed by atoms with E-state index in [2.05, 4.69) is 21.2 Å². The normalized spacial score (nSPS) is 14.6. The van der Waals surface area contributed by atoms with Crippen molar-refractivity contribution in [2.45, 2.75) is 6.61 Å². The number of nitrogens with zero attached hydrogens (tertiary/aromatic N) is 1. The molecule has 184 valence electrons. The number of hydrogen-bond donors (Lipinski definition) is 1. The Balaban J connectivity index is 1.56. The van der Waals surface area contributed by atoms with Gasteiger partial charge in [0.25, 0.3) is 11.8 Å². The molecule has 0 unspecified atom stereocenters. The zero-order valence-corrected chi connectivity index (χ0v) is 21.6. The minimum absolute atomic E-state index is 0.211. The molecule has 1 fully saturated rings. The second kappa shape index (κ2) is 10.8. The smallest absolute Gasteiger partial charge is 0.335 e. The van der Waals surface area contributed by atoms with E-state index in [1.165, 1.54) is 20.3 Å². The summed E-state index contributed by atoms with van der Waals surface area (Å²) in [6, 6.07) is 16.1. The first-order valence-electron chi connectivity index (χ1n) is 10.6. The van der Waals surface area contributed by atoms with Gasteiger partial charge in [0.2, 0.25) is 0 Å². The standard InChI is InChI=1S/C26H20BrClN2O6/c1-34-22-13-16(12-21(27)23(22)35-2)11-20-24(31)29-26(33)30(25(20)32)18-7-9-19(10-8-18)36-14-15-3-5-17(28)6-4-15/h3-13H,14H2,1-2H3,(H,29,31,33)/b20-11+. The van der Waals surface area contributed by atoms with Gasteiger partial charge in [-0.05, 0) is 81.7 Å². The summed E-state index contributed by atoms with van der Waals surface area (Å²) >= 11 is 9.29. The number of anilines is 1. The number of methoxy groups -OCH3 is 2. The van der Waals surface area contributed by atoms with Crippen LogP contribution in [0, 0.1) is 0 Å². The number of carbonyl (C=O) groups excluding carboxylic acids is 3. The lowest BCUT2D eigenvalue weighted by Crippen LogP contribution is -2.54. The molecule has 10 heteroatoms. The predicted octanol–water partition coefficient (Wildman–Crippen LogP) is 5.37. The number of rotatable bonds is 7. The van der Waals surface area contributed by atoms with Gasteiger partial charge in [-0.1, -0.05) is 23.7 Å². The molecule has 0 bridgehead atoms. The van der Waals surface area contributed by atoms with Crippen LogP contribution in [0.2, 0.25) is 5.02 Å². The quantitative estimate of drug-likeness (QED) is 0.303. The van der Waals surface area contributed by atoms with Gasteiger partial charge in [0.15, 0.2) is 11.5 Å². The second-order valence-electron chi connectivity index (χ2n) is 7.61. The van der Waals surface area contributed by atoms with E-state index in [4.69, 9.17) is 25.8 Å². The summed E-state index contributed by atoms with van der Waals surface area (Å²) in [5, 5.41) is 2.85. The van der Waals surface area contributed by atoms with E-state index in [0.29, 0.717) is 38.9 Å². The zero-order chi connectivity index (χ0) is 25.8. The van der Waals surface area contributed by atoms with Crippen LogP contribution in [0.25, 0.3) is 6.08 Å². The van der Waals surface area contributed by atoms with Crippen LogP contribution in [0.4, 0.5) is 10.5 Å². The maximum Gasteiger partial charge on any atom is 0.335 e. The van der Waals surface area contributed by atoms with E-state index in [0.717, 1.165) is 10.5 Å². The van der Waals surface area contributed by atoms with E-state index in [-0.39, 0.29) is 11.3 Å². The lowest BCUT2D eigenvalue weighted by molar-refractivity contribution is -0.122. The molecule has 36 heavy (non-hydrogen) atoms. The van der Waals surface area contributed by atoms with Gasteiger partial charge in [0, 0.05) is 5.02 Å². The van der Waals surface area contributed by atoms with Crippen LogP contribution in [-0.2, 0) is 16.2 Å². The van der Waals surface area contributed by atoms with Crippen molar-refractivity contribution in [2.24, 2.45) is 0 Å². The Bertz CT molecular complexity index is 1360. The number of imide groups is 2. The summed E-state index contributed by atoms with van der Waals surface area (Å²) in [6.45, 7) is 0.321. The van der Waals surface area contributed by atoms with Crippen molar-refractivity contribution in [1.29, 1.82) is 0 Å². The van der Waals surface area contributed by atoms with Crippen LogP contribution in [0.5, 0.6) is 17.2 Å². The molecule has 0 saturated carbocycles. The van der Waals surface area contributed by atoms with E-state index >= 15 is 0 Å². The fraction of sp³-hybridized carbons (Fsp3) is 0.115. The van der Waals surface area contributed by atoms with Crippen molar-refractivity contribution in [1.82, 2.24) is 5.32 Å². The summed E-state index contributed by atoms with van der Waals surface area (Å²) < 4.78 is 16.9. The van der Waals surface area contributed by atoms with Crippen LogP contribution >= 0.6 is 27.5 Å². The van der Waals surface area contributed by atoms with Crippen molar-refractivity contribution >= 4 is 57.1 Å². The second-order valence-corrected chi connectivity index (χ2v) is 8.90. The fourth-order valence-electron chi connectivity index (χ4n) is 3.52. The van der Waals surface area contributed by atoms with Crippen molar-refractivity contribution in [2.75, 3.05) is 19.1 Å². The molecule has 0 atom stereocenters. The Kier molecular flexibility index (Phi) is 7.61. The van der Waals surface area contributed by atoms with Crippen LogP contribution in [0.1, 0.15) is 11.1 Å². The Morgan fingerprint density at radius 3 is 2.31 bits per heavy atom. The molecule has 4 amide bonds. The number of ether oxygens (including phenoxy) is 3. The highest BCUT2D eigenvalue weighted by Gasteiger charge is 2.36. The van der Waals surface area contributed by atoms with Gasteiger partial charge in [0.1, 0.15) is 17.9 Å². The first-order chi connectivity index (χ1) is 17.3. The van der Waals surface area contributed by atoms with Gasteiger partial charge >= 0.3 is 6.03 Å². The number of barbiturate groups is 1. The van der Waals surface area contributed by atoms with Crippen LogP contribution in [-0.4, -0.2) is 32.1 Å². The highest BCUT2D eigenvalue weighted by Crippen LogP contribution is 2.37. The third-order valence-corrected chi connectivity index (χ3v) is 6.12. The molecule has 1 heterocycles.